The van der Waals surface area contributed by atoms with Crippen LogP contribution in [0.5, 0.6) is 0 Å². The lowest BCUT2D eigenvalue weighted by atomic mass is 10.2. The van der Waals surface area contributed by atoms with Gasteiger partial charge in [0, 0.05) is 31.7 Å². The quantitative estimate of drug-likeness (QED) is 0.882. The molecule has 0 unspecified atom stereocenters. The first-order valence-corrected chi connectivity index (χ1v) is 6.26. The number of aryl methyl sites for hydroxylation is 2. The topological polar surface area (TPSA) is 55.7 Å². The number of halogens is 2. The third-order valence-electron chi connectivity index (χ3n) is 2.93. The monoisotopic (exact) mass is 315 g/mol. The first-order valence-electron chi connectivity index (χ1n) is 6.26. The highest BCUT2D eigenvalue weighted by Gasteiger charge is 2.11. The van der Waals surface area contributed by atoms with Crippen molar-refractivity contribution >= 4 is 30.6 Å². The van der Waals surface area contributed by atoms with Gasteiger partial charge in [-0.05, 0) is 6.42 Å². The van der Waals surface area contributed by atoms with Gasteiger partial charge in [-0.1, -0.05) is 13.0 Å². The minimum atomic E-state index is 0. The van der Waals surface area contributed by atoms with Crippen molar-refractivity contribution in [1.29, 1.82) is 0 Å². The fraction of sp³-hybridized carbons (Fsp3) is 0.357. The molecule has 0 bridgehead atoms. The van der Waals surface area contributed by atoms with Crippen molar-refractivity contribution in [3.8, 4) is 0 Å². The molecule has 4 nitrogen and oxygen atoms in total. The highest BCUT2D eigenvalue weighted by molar-refractivity contribution is 5.85. The Bertz CT molecular complexity index is 546. The van der Waals surface area contributed by atoms with Crippen molar-refractivity contribution in [1.82, 2.24) is 9.97 Å². The molecule has 0 saturated heterocycles. The number of nitrogens with zero attached hydrogens (tertiary/aromatic N) is 3. The Morgan fingerprint density at radius 3 is 2.60 bits per heavy atom. The molecule has 0 aromatic carbocycles. The van der Waals surface area contributed by atoms with Crippen molar-refractivity contribution < 1.29 is 4.57 Å². The standard InChI is InChI=1S/C14H19N4.2ClH/c1-3-6-13-16-9-12(14(15)17-13)10-18-8-5-4-7-11(18)2;;/h4-5,7-9H,3,6,10H2,1-2H3,(H2,15,16,17);2*1H/q+1;;. The summed E-state index contributed by atoms with van der Waals surface area (Å²) in [4.78, 5) is 8.69. The summed E-state index contributed by atoms with van der Waals surface area (Å²) in [6.07, 6.45) is 5.79. The number of pyridine rings is 1. The molecule has 0 radical (unpaired) electrons. The average Bonchev–Trinajstić information content (AvgIpc) is 2.35. The molecule has 2 aromatic heterocycles. The lowest BCUT2D eigenvalue weighted by molar-refractivity contribution is -0.694. The molecule has 0 amide bonds. The molecule has 2 N–H and O–H groups in total. The van der Waals surface area contributed by atoms with Gasteiger partial charge in [0.05, 0.1) is 5.56 Å². The van der Waals surface area contributed by atoms with Crippen LogP contribution in [0.25, 0.3) is 0 Å². The van der Waals surface area contributed by atoms with Gasteiger partial charge in [0.15, 0.2) is 18.4 Å². The van der Waals surface area contributed by atoms with Crippen LogP contribution in [0.3, 0.4) is 0 Å². The number of nitrogens with two attached hydrogens (primary N) is 1. The molecule has 0 aliphatic heterocycles. The molecular formula is C14H21Cl2N4+. The van der Waals surface area contributed by atoms with Gasteiger partial charge in [0.2, 0.25) is 0 Å². The summed E-state index contributed by atoms with van der Waals surface area (Å²) >= 11 is 0. The molecule has 0 spiro atoms. The van der Waals surface area contributed by atoms with Crippen LogP contribution >= 0.6 is 24.8 Å². The zero-order valence-electron chi connectivity index (χ0n) is 11.7. The molecule has 110 valence electrons. The van der Waals surface area contributed by atoms with Gasteiger partial charge in [-0.15, -0.1) is 24.8 Å². The molecule has 6 heteroatoms. The lowest BCUT2D eigenvalue weighted by Gasteiger charge is -2.05. The van der Waals surface area contributed by atoms with Crippen molar-refractivity contribution in [3.05, 3.63) is 47.7 Å². The fourth-order valence-electron chi connectivity index (χ4n) is 1.85. The average molecular weight is 316 g/mol. The van der Waals surface area contributed by atoms with E-state index in [1.165, 1.54) is 5.69 Å². The van der Waals surface area contributed by atoms with Crippen molar-refractivity contribution in [3.63, 3.8) is 0 Å². The van der Waals surface area contributed by atoms with E-state index in [0.717, 1.165) is 24.2 Å². The third-order valence-corrected chi connectivity index (χ3v) is 2.93. The molecule has 0 fully saturated rings. The van der Waals surface area contributed by atoms with Gasteiger partial charge in [-0.25, -0.2) is 9.97 Å². The van der Waals surface area contributed by atoms with E-state index in [-0.39, 0.29) is 24.8 Å². The molecular weight excluding hydrogens is 295 g/mol. The Labute approximate surface area is 132 Å². The summed E-state index contributed by atoms with van der Waals surface area (Å²) < 4.78 is 2.13. The second-order valence-corrected chi connectivity index (χ2v) is 4.42. The molecule has 2 aromatic rings. The maximum Gasteiger partial charge on any atom is 0.179 e. The lowest BCUT2D eigenvalue weighted by Crippen LogP contribution is -2.37. The van der Waals surface area contributed by atoms with Crippen LogP contribution in [-0.2, 0) is 13.0 Å². The van der Waals surface area contributed by atoms with E-state index in [1.807, 2.05) is 24.5 Å². The Balaban J connectivity index is 0.00000180. The van der Waals surface area contributed by atoms with E-state index >= 15 is 0 Å². The van der Waals surface area contributed by atoms with Crippen LogP contribution < -0.4 is 10.3 Å². The van der Waals surface area contributed by atoms with Crippen LogP contribution in [0.2, 0.25) is 0 Å². The van der Waals surface area contributed by atoms with E-state index in [0.29, 0.717) is 12.4 Å². The van der Waals surface area contributed by atoms with E-state index in [4.69, 9.17) is 5.73 Å². The largest absolute Gasteiger partial charge is 0.383 e. The van der Waals surface area contributed by atoms with Crippen LogP contribution in [-0.4, -0.2) is 9.97 Å². The first-order chi connectivity index (χ1) is 8.70. The van der Waals surface area contributed by atoms with Crippen molar-refractivity contribution in [2.24, 2.45) is 0 Å². The SMILES string of the molecule is CCCc1ncc(C[n+]2ccccc2C)c(N)n1.Cl.Cl. The Kier molecular flexibility index (Phi) is 8.11. The molecule has 20 heavy (non-hydrogen) atoms. The van der Waals surface area contributed by atoms with Gasteiger partial charge in [-0.2, -0.15) is 4.57 Å². The molecule has 0 aliphatic rings. The van der Waals surface area contributed by atoms with Gasteiger partial charge in [0.1, 0.15) is 11.6 Å². The Hall–Kier alpha value is -1.39. The summed E-state index contributed by atoms with van der Waals surface area (Å²) in [6.45, 7) is 4.89. The minimum absolute atomic E-state index is 0. The van der Waals surface area contributed by atoms with Crippen LogP contribution in [0.4, 0.5) is 5.82 Å². The highest BCUT2D eigenvalue weighted by Crippen LogP contribution is 2.08. The smallest absolute Gasteiger partial charge is 0.179 e. The molecule has 2 rings (SSSR count). The summed E-state index contributed by atoms with van der Waals surface area (Å²) in [5, 5.41) is 0. The van der Waals surface area contributed by atoms with Crippen LogP contribution in [0.15, 0.2) is 30.6 Å². The fourth-order valence-corrected chi connectivity index (χ4v) is 1.85. The van der Waals surface area contributed by atoms with Crippen molar-refractivity contribution in [2.45, 2.75) is 33.2 Å². The Morgan fingerprint density at radius 2 is 2.00 bits per heavy atom. The third kappa shape index (κ3) is 4.62. The maximum absolute atomic E-state index is 5.99. The second kappa shape index (κ2) is 8.72. The van der Waals surface area contributed by atoms with E-state index in [2.05, 4.69) is 34.4 Å². The van der Waals surface area contributed by atoms with E-state index < -0.39 is 0 Å². The number of nitrogen functional groups attached to an aromatic ring is 1. The highest BCUT2D eigenvalue weighted by atomic mass is 35.5. The Morgan fingerprint density at radius 1 is 1.25 bits per heavy atom. The number of hydrogen-bond acceptors (Lipinski definition) is 3. The maximum atomic E-state index is 5.99. The van der Waals surface area contributed by atoms with Gasteiger partial charge < -0.3 is 5.73 Å². The van der Waals surface area contributed by atoms with Gasteiger partial charge >= 0.3 is 0 Å². The van der Waals surface area contributed by atoms with E-state index in [9.17, 15) is 0 Å². The molecule has 0 aliphatic carbocycles. The summed E-state index contributed by atoms with van der Waals surface area (Å²) in [6, 6.07) is 6.11. The molecule has 2 heterocycles. The van der Waals surface area contributed by atoms with Crippen molar-refractivity contribution in [2.75, 3.05) is 5.73 Å². The summed E-state index contributed by atoms with van der Waals surface area (Å²) in [5.41, 5.74) is 8.14. The molecule has 0 saturated carbocycles. The predicted molar refractivity (Wildman–Crippen MR) is 85.4 cm³/mol. The minimum Gasteiger partial charge on any atom is -0.383 e. The predicted octanol–water partition coefficient (Wildman–Crippen LogP) is 2.50. The van der Waals surface area contributed by atoms with Crippen LogP contribution in [0.1, 0.15) is 30.4 Å². The summed E-state index contributed by atoms with van der Waals surface area (Å²) in [5.74, 6) is 1.41. The van der Waals surface area contributed by atoms with Gasteiger partial charge in [-0.3, -0.25) is 0 Å². The number of rotatable bonds is 4. The van der Waals surface area contributed by atoms with Gasteiger partial charge in [0.25, 0.3) is 0 Å². The zero-order chi connectivity index (χ0) is 13.0. The first kappa shape index (κ1) is 18.6. The zero-order valence-corrected chi connectivity index (χ0v) is 13.4. The van der Waals surface area contributed by atoms with E-state index in [1.54, 1.807) is 0 Å². The van der Waals surface area contributed by atoms with Crippen LogP contribution in [0, 0.1) is 6.92 Å². The number of hydrogen-bond donors (Lipinski definition) is 1. The summed E-state index contributed by atoms with van der Waals surface area (Å²) in [7, 11) is 0. The number of anilines is 1. The number of aromatic nitrogens is 3. The second-order valence-electron chi connectivity index (χ2n) is 4.42. The molecule has 0 atom stereocenters. The normalized spacial score (nSPS) is 9.50.